The highest BCUT2D eigenvalue weighted by atomic mass is 15.3. The maximum Gasteiger partial charge on any atom is 0.147 e. The van der Waals surface area contributed by atoms with E-state index in [-0.39, 0.29) is 5.92 Å². The van der Waals surface area contributed by atoms with Gasteiger partial charge in [0.05, 0.1) is 5.92 Å². The van der Waals surface area contributed by atoms with Crippen LogP contribution in [-0.2, 0) is 0 Å². The number of aryl methyl sites for hydroxylation is 1. The third-order valence-electron chi connectivity index (χ3n) is 4.01. The molecule has 1 aliphatic rings. The van der Waals surface area contributed by atoms with E-state index in [0.29, 0.717) is 0 Å². The minimum atomic E-state index is 0.239. The molecule has 4 heteroatoms. The Bertz CT molecular complexity index is 776. The predicted molar refractivity (Wildman–Crippen MR) is 82.9 cm³/mol. The second-order valence-corrected chi connectivity index (χ2v) is 5.30. The quantitative estimate of drug-likeness (QED) is 0.782. The van der Waals surface area contributed by atoms with Crippen molar-refractivity contribution in [3.63, 3.8) is 0 Å². The molecule has 104 valence electrons. The van der Waals surface area contributed by atoms with Crippen LogP contribution in [-0.4, -0.2) is 21.3 Å². The summed E-state index contributed by atoms with van der Waals surface area (Å²) in [6, 6.07) is 18.7. The normalized spacial score (nSPS) is 16.5. The molecule has 0 spiro atoms. The molecule has 0 saturated heterocycles. The molecule has 3 aromatic rings. The van der Waals surface area contributed by atoms with E-state index in [2.05, 4.69) is 56.5 Å². The van der Waals surface area contributed by atoms with Crippen LogP contribution in [0.25, 0.3) is 5.69 Å². The van der Waals surface area contributed by atoms with Gasteiger partial charge in [-0.05, 0) is 30.7 Å². The van der Waals surface area contributed by atoms with E-state index in [4.69, 9.17) is 0 Å². The zero-order chi connectivity index (χ0) is 14.2. The number of rotatable bonds is 2. The van der Waals surface area contributed by atoms with Gasteiger partial charge < -0.3 is 5.32 Å². The summed E-state index contributed by atoms with van der Waals surface area (Å²) in [5, 5.41) is 12.2. The van der Waals surface area contributed by atoms with Crippen molar-refractivity contribution < 1.29 is 0 Å². The van der Waals surface area contributed by atoms with E-state index in [9.17, 15) is 0 Å². The van der Waals surface area contributed by atoms with Crippen LogP contribution in [0.2, 0.25) is 0 Å². The monoisotopic (exact) mass is 276 g/mol. The maximum absolute atomic E-state index is 4.45. The summed E-state index contributed by atoms with van der Waals surface area (Å²) in [5.74, 6) is 2.15. The Kier molecular flexibility index (Phi) is 2.74. The van der Waals surface area contributed by atoms with Gasteiger partial charge >= 0.3 is 0 Å². The third kappa shape index (κ3) is 1.91. The van der Waals surface area contributed by atoms with Crippen molar-refractivity contribution >= 4 is 5.69 Å². The van der Waals surface area contributed by atoms with Gasteiger partial charge in [0.2, 0.25) is 0 Å². The largest absolute Gasteiger partial charge is 0.384 e. The first kappa shape index (κ1) is 12.1. The van der Waals surface area contributed by atoms with Crippen LogP contribution in [0.1, 0.15) is 23.1 Å². The molecule has 1 aromatic heterocycles. The SMILES string of the molecule is Cc1nnc(C2CNc3ccccc32)n1-c1ccccc1. The van der Waals surface area contributed by atoms with Crippen molar-refractivity contribution in [2.75, 3.05) is 11.9 Å². The van der Waals surface area contributed by atoms with E-state index in [0.717, 1.165) is 23.9 Å². The van der Waals surface area contributed by atoms with Crippen molar-refractivity contribution in [1.29, 1.82) is 0 Å². The van der Waals surface area contributed by atoms with Crippen LogP contribution in [0.5, 0.6) is 0 Å². The van der Waals surface area contributed by atoms with Crippen LogP contribution in [0.4, 0.5) is 5.69 Å². The molecule has 0 amide bonds. The molecule has 1 N–H and O–H groups in total. The molecule has 1 aliphatic heterocycles. The molecular weight excluding hydrogens is 260 g/mol. The summed E-state index contributed by atoms with van der Waals surface area (Å²) in [6.45, 7) is 2.86. The van der Waals surface area contributed by atoms with Crippen molar-refractivity contribution in [3.05, 3.63) is 71.8 Å². The summed E-state index contributed by atoms with van der Waals surface area (Å²) >= 11 is 0. The van der Waals surface area contributed by atoms with Gasteiger partial charge in [0.25, 0.3) is 0 Å². The van der Waals surface area contributed by atoms with Crippen molar-refractivity contribution in [3.8, 4) is 5.69 Å². The number of aromatic nitrogens is 3. The van der Waals surface area contributed by atoms with Crippen molar-refractivity contribution in [2.45, 2.75) is 12.8 Å². The van der Waals surface area contributed by atoms with Crippen LogP contribution in [0.3, 0.4) is 0 Å². The number of hydrogen-bond acceptors (Lipinski definition) is 3. The zero-order valence-electron chi connectivity index (χ0n) is 11.8. The molecule has 1 atom stereocenters. The lowest BCUT2D eigenvalue weighted by atomic mass is 10.0. The Morgan fingerprint density at radius 3 is 2.62 bits per heavy atom. The number of fused-ring (bicyclic) bond motifs is 1. The summed E-state index contributed by atoms with van der Waals surface area (Å²) in [4.78, 5) is 0. The van der Waals surface area contributed by atoms with Gasteiger partial charge in [-0.1, -0.05) is 36.4 Å². The van der Waals surface area contributed by atoms with E-state index in [1.165, 1.54) is 11.3 Å². The molecule has 21 heavy (non-hydrogen) atoms. The minimum Gasteiger partial charge on any atom is -0.384 e. The summed E-state index contributed by atoms with van der Waals surface area (Å²) in [5.41, 5.74) is 3.60. The molecule has 0 fully saturated rings. The Morgan fingerprint density at radius 2 is 1.76 bits per heavy atom. The highest BCUT2D eigenvalue weighted by molar-refractivity contribution is 5.59. The molecule has 0 aliphatic carbocycles. The number of hydrogen-bond donors (Lipinski definition) is 1. The molecule has 2 heterocycles. The average Bonchev–Trinajstić information content (AvgIpc) is 3.11. The van der Waals surface area contributed by atoms with Gasteiger partial charge in [-0.2, -0.15) is 0 Å². The van der Waals surface area contributed by atoms with E-state index >= 15 is 0 Å². The molecule has 1 unspecified atom stereocenters. The molecule has 4 nitrogen and oxygen atoms in total. The highest BCUT2D eigenvalue weighted by Crippen LogP contribution is 2.35. The smallest absolute Gasteiger partial charge is 0.147 e. The Hall–Kier alpha value is -2.62. The van der Waals surface area contributed by atoms with Gasteiger partial charge in [0.1, 0.15) is 11.6 Å². The lowest BCUT2D eigenvalue weighted by Gasteiger charge is -2.13. The van der Waals surface area contributed by atoms with Gasteiger partial charge in [0.15, 0.2) is 0 Å². The lowest BCUT2D eigenvalue weighted by Crippen LogP contribution is -2.12. The second kappa shape index (κ2) is 4.74. The minimum absolute atomic E-state index is 0.239. The van der Waals surface area contributed by atoms with E-state index < -0.39 is 0 Å². The van der Waals surface area contributed by atoms with Gasteiger partial charge in [0, 0.05) is 17.9 Å². The average molecular weight is 276 g/mol. The molecule has 4 rings (SSSR count). The van der Waals surface area contributed by atoms with Gasteiger partial charge in [-0.15, -0.1) is 10.2 Å². The number of nitrogens with one attached hydrogen (secondary N) is 1. The molecule has 0 bridgehead atoms. The Labute approximate surface area is 123 Å². The molecule has 0 saturated carbocycles. The first-order valence-electron chi connectivity index (χ1n) is 7.15. The first-order valence-corrected chi connectivity index (χ1v) is 7.15. The van der Waals surface area contributed by atoms with Crippen LogP contribution < -0.4 is 5.32 Å². The summed E-state index contributed by atoms with van der Waals surface area (Å²) < 4.78 is 2.15. The van der Waals surface area contributed by atoms with Crippen LogP contribution >= 0.6 is 0 Å². The number of anilines is 1. The molecular formula is C17H16N4. The fourth-order valence-corrected chi connectivity index (χ4v) is 3.01. The number of para-hydroxylation sites is 2. The second-order valence-electron chi connectivity index (χ2n) is 5.30. The standard InChI is InChI=1S/C17H16N4/c1-12-19-20-17(21(12)13-7-3-2-4-8-13)15-11-18-16-10-6-5-9-14(15)16/h2-10,15,18H,11H2,1H3. The van der Waals surface area contributed by atoms with E-state index in [1.807, 2.05) is 25.1 Å². The van der Waals surface area contributed by atoms with Gasteiger partial charge in [-0.3, -0.25) is 4.57 Å². The van der Waals surface area contributed by atoms with E-state index in [1.54, 1.807) is 0 Å². The highest BCUT2D eigenvalue weighted by Gasteiger charge is 2.28. The summed E-state index contributed by atoms with van der Waals surface area (Å²) in [7, 11) is 0. The Balaban J connectivity index is 1.85. The summed E-state index contributed by atoms with van der Waals surface area (Å²) in [6.07, 6.45) is 0. The maximum atomic E-state index is 4.45. The fourth-order valence-electron chi connectivity index (χ4n) is 3.01. The first-order chi connectivity index (χ1) is 10.3. The van der Waals surface area contributed by atoms with Crippen LogP contribution in [0, 0.1) is 6.92 Å². The number of benzene rings is 2. The topological polar surface area (TPSA) is 42.7 Å². The lowest BCUT2D eigenvalue weighted by molar-refractivity contribution is 0.771. The zero-order valence-corrected chi connectivity index (χ0v) is 11.8. The Morgan fingerprint density at radius 1 is 1.00 bits per heavy atom. The molecule has 2 aromatic carbocycles. The molecule has 0 radical (unpaired) electrons. The van der Waals surface area contributed by atoms with Gasteiger partial charge in [-0.25, -0.2) is 0 Å². The third-order valence-corrected chi connectivity index (χ3v) is 4.01. The van der Waals surface area contributed by atoms with Crippen molar-refractivity contribution in [2.24, 2.45) is 0 Å². The van der Waals surface area contributed by atoms with Crippen molar-refractivity contribution in [1.82, 2.24) is 14.8 Å². The van der Waals surface area contributed by atoms with Crippen LogP contribution in [0.15, 0.2) is 54.6 Å². The predicted octanol–water partition coefficient (Wildman–Crippen LogP) is 3.13. The fraction of sp³-hybridized carbons (Fsp3) is 0.176. The number of nitrogens with zero attached hydrogens (tertiary/aromatic N) is 3.